The van der Waals surface area contributed by atoms with E-state index in [9.17, 15) is 26.4 Å². The Labute approximate surface area is 205 Å². The fourth-order valence-corrected chi connectivity index (χ4v) is 7.08. The van der Waals surface area contributed by atoms with Crippen LogP contribution in [0.4, 0.5) is 19.0 Å². The van der Waals surface area contributed by atoms with E-state index in [-0.39, 0.29) is 10.9 Å². The third-order valence-electron chi connectivity index (χ3n) is 6.16. The number of anilines is 1. The van der Waals surface area contributed by atoms with Crippen LogP contribution in [0, 0.1) is 6.92 Å². The highest BCUT2D eigenvalue weighted by atomic mass is 32.2. The van der Waals surface area contributed by atoms with Gasteiger partial charge in [0.1, 0.15) is 5.82 Å². The van der Waals surface area contributed by atoms with Crippen molar-refractivity contribution in [3.8, 4) is 10.4 Å². The average molecular weight is 524 g/mol. The van der Waals surface area contributed by atoms with Gasteiger partial charge in [0.15, 0.2) is 9.84 Å². The number of thiophene rings is 1. The fourth-order valence-electron chi connectivity index (χ4n) is 4.25. The average Bonchev–Trinajstić information content (AvgIpc) is 3.21. The minimum Gasteiger partial charge on any atom is -0.367 e. The molecule has 0 unspecified atom stereocenters. The Kier molecular flexibility index (Phi) is 6.92. The molecule has 186 valence electrons. The van der Waals surface area contributed by atoms with Crippen LogP contribution in [0.5, 0.6) is 0 Å². The van der Waals surface area contributed by atoms with Gasteiger partial charge in [-0.3, -0.25) is 4.79 Å². The number of nitrogens with two attached hydrogens (primary N) is 1. The number of hydrogen-bond donors (Lipinski definition) is 2. The van der Waals surface area contributed by atoms with Crippen LogP contribution in [0.3, 0.4) is 0 Å². The molecule has 6 nitrogen and oxygen atoms in total. The van der Waals surface area contributed by atoms with Gasteiger partial charge in [-0.05, 0) is 74.1 Å². The third kappa shape index (κ3) is 5.51. The van der Waals surface area contributed by atoms with E-state index >= 15 is 0 Å². The van der Waals surface area contributed by atoms with Crippen LogP contribution < -0.4 is 11.1 Å². The number of aromatic nitrogens is 1. The summed E-state index contributed by atoms with van der Waals surface area (Å²) in [4.78, 5) is 16.8. The van der Waals surface area contributed by atoms with E-state index in [4.69, 9.17) is 5.73 Å². The number of sulfone groups is 1. The van der Waals surface area contributed by atoms with Crippen molar-refractivity contribution in [2.24, 2.45) is 5.73 Å². The zero-order chi connectivity index (χ0) is 25.4. The molecule has 1 aliphatic rings. The first-order valence-corrected chi connectivity index (χ1v) is 13.4. The topological polar surface area (TPSA) is 102 Å². The van der Waals surface area contributed by atoms with Crippen LogP contribution in [0.2, 0.25) is 0 Å². The molecule has 0 atom stereocenters. The van der Waals surface area contributed by atoms with Gasteiger partial charge in [-0.25, -0.2) is 13.4 Å². The summed E-state index contributed by atoms with van der Waals surface area (Å²) in [6.45, 7) is 1.87. The summed E-state index contributed by atoms with van der Waals surface area (Å²) in [7, 11) is -3.54. The maximum Gasteiger partial charge on any atom is 0.417 e. The molecule has 0 spiro atoms. The molecule has 11 heteroatoms. The smallest absolute Gasteiger partial charge is 0.367 e. The number of pyridine rings is 1. The number of rotatable bonds is 6. The van der Waals surface area contributed by atoms with Gasteiger partial charge in [0.2, 0.25) is 0 Å². The molecule has 1 saturated carbocycles. The molecule has 2 heterocycles. The summed E-state index contributed by atoms with van der Waals surface area (Å²) < 4.78 is 64.5. The molecule has 0 radical (unpaired) electrons. The van der Waals surface area contributed by atoms with Gasteiger partial charge in [0.05, 0.1) is 20.6 Å². The van der Waals surface area contributed by atoms with Crippen molar-refractivity contribution in [1.29, 1.82) is 0 Å². The van der Waals surface area contributed by atoms with Gasteiger partial charge >= 0.3 is 6.18 Å². The summed E-state index contributed by atoms with van der Waals surface area (Å²) in [6.07, 6.45) is -1.65. The number of nitrogens with one attached hydrogen (secondary N) is 1. The number of alkyl halides is 3. The zero-order valence-corrected chi connectivity index (χ0v) is 20.4. The Hall–Kier alpha value is -2.92. The van der Waals surface area contributed by atoms with Crippen LogP contribution in [0.25, 0.3) is 10.4 Å². The number of carbonyl (C=O) groups excluding carboxylic acids is 1. The first kappa shape index (κ1) is 25.2. The lowest BCUT2D eigenvalue weighted by Crippen LogP contribution is -2.33. The summed E-state index contributed by atoms with van der Waals surface area (Å²) in [6, 6.07) is 10.6. The number of primary amides is 1. The van der Waals surface area contributed by atoms with Gasteiger partial charge in [0.25, 0.3) is 5.91 Å². The lowest BCUT2D eigenvalue weighted by Gasteiger charge is -2.29. The zero-order valence-electron chi connectivity index (χ0n) is 18.8. The number of nitrogens with zero attached hydrogens (tertiary/aromatic N) is 1. The molecule has 1 aliphatic carbocycles. The molecule has 0 aliphatic heterocycles. The Morgan fingerprint density at radius 3 is 2.26 bits per heavy atom. The molecule has 3 N–H and O–H groups in total. The maximum atomic E-state index is 13.2. The second-order valence-corrected chi connectivity index (χ2v) is 11.9. The number of benzene rings is 1. The predicted molar refractivity (Wildman–Crippen MR) is 129 cm³/mol. The monoisotopic (exact) mass is 523 g/mol. The SMILES string of the molecule is Cc1cc(C(N)=O)sc1-c1ccc(S(=O)(=O)[C@H]2CC[C@H](Nc3ccc(C(F)(F)F)cn3)CC2)cc1. The van der Waals surface area contributed by atoms with Crippen LogP contribution in [-0.2, 0) is 16.0 Å². The molecular formula is C24H24F3N3O3S2. The van der Waals surface area contributed by atoms with E-state index in [1.54, 1.807) is 30.3 Å². The highest BCUT2D eigenvalue weighted by Gasteiger charge is 2.33. The van der Waals surface area contributed by atoms with Gasteiger partial charge in [-0.15, -0.1) is 11.3 Å². The molecule has 35 heavy (non-hydrogen) atoms. The summed E-state index contributed by atoms with van der Waals surface area (Å²) in [5.41, 5.74) is 6.25. The Morgan fingerprint density at radius 2 is 1.74 bits per heavy atom. The van der Waals surface area contributed by atoms with Crippen molar-refractivity contribution >= 4 is 32.9 Å². The van der Waals surface area contributed by atoms with Crippen LogP contribution >= 0.6 is 11.3 Å². The lowest BCUT2D eigenvalue weighted by atomic mass is 9.95. The summed E-state index contributed by atoms with van der Waals surface area (Å²) >= 11 is 1.27. The molecular weight excluding hydrogens is 499 g/mol. The van der Waals surface area contributed by atoms with Gasteiger partial charge in [0, 0.05) is 17.1 Å². The molecule has 0 saturated heterocycles. The van der Waals surface area contributed by atoms with E-state index < -0.39 is 32.7 Å². The predicted octanol–water partition coefficient (Wildman–Crippen LogP) is 5.43. The van der Waals surface area contributed by atoms with Crippen molar-refractivity contribution in [1.82, 2.24) is 4.98 Å². The van der Waals surface area contributed by atoms with Gasteiger partial charge < -0.3 is 11.1 Å². The van der Waals surface area contributed by atoms with Crippen LogP contribution in [-0.4, -0.2) is 30.6 Å². The van der Waals surface area contributed by atoms with Crippen molar-refractivity contribution in [3.63, 3.8) is 0 Å². The summed E-state index contributed by atoms with van der Waals surface area (Å²) in [5.74, 6) is -0.161. The lowest BCUT2D eigenvalue weighted by molar-refractivity contribution is -0.137. The molecule has 1 amide bonds. The van der Waals surface area contributed by atoms with Crippen molar-refractivity contribution in [2.45, 2.75) is 55.0 Å². The van der Waals surface area contributed by atoms with Crippen LogP contribution in [0.1, 0.15) is 46.5 Å². The fraction of sp³-hybridized carbons (Fsp3) is 0.333. The Balaban J connectivity index is 1.39. The molecule has 1 fully saturated rings. The van der Waals surface area contributed by atoms with Crippen molar-refractivity contribution in [3.05, 3.63) is 64.7 Å². The van der Waals surface area contributed by atoms with Crippen molar-refractivity contribution < 1.29 is 26.4 Å². The van der Waals surface area contributed by atoms with E-state index in [1.807, 2.05) is 6.92 Å². The second kappa shape index (κ2) is 9.62. The van der Waals surface area contributed by atoms with E-state index in [0.717, 1.165) is 28.3 Å². The normalized spacial score (nSPS) is 18.9. The standard InChI is InChI=1S/C24H24F3N3O3S2/c1-14-12-20(23(28)31)34-22(14)15-2-7-18(8-3-15)35(32,33)19-9-5-17(6-10-19)30-21-11-4-16(13-29-21)24(25,26)27/h2-4,7-8,11-13,17,19H,5-6,9-10H2,1H3,(H2,28,31)(H,29,30)/t17-,19-. The number of amides is 1. The highest BCUT2D eigenvalue weighted by Crippen LogP contribution is 2.35. The minimum atomic E-state index is -4.44. The summed E-state index contributed by atoms with van der Waals surface area (Å²) in [5, 5.41) is 2.58. The number of halogens is 3. The second-order valence-electron chi connectivity index (χ2n) is 8.60. The quantitative estimate of drug-likeness (QED) is 0.448. The Morgan fingerprint density at radius 1 is 1.09 bits per heavy atom. The van der Waals surface area contributed by atoms with Crippen LogP contribution in [0.15, 0.2) is 53.6 Å². The molecule has 4 rings (SSSR count). The van der Waals surface area contributed by atoms with Crippen molar-refractivity contribution in [2.75, 3.05) is 5.32 Å². The number of aryl methyl sites for hydroxylation is 1. The minimum absolute atomic E-state index is 0.0608. The number of hydrogen-bond acceptors (Lipinski definition) is 6. The molecule has 0 bridgehead atoms. The van der Waals surface area contributed by atoms with Gasteiger partial charge in [-0.1, -0.05) is 12.1 Å². The first-order valence-electron chi connectivity index (χ1n) is 11.0. The van der Waals surface area contributed by atoms with E-state index in [1.165, 1.54) is 17.4 Å². The molecule has 3 aromatic rings. The van der Waals surface area contributed by atoms with Gasteiger partial charge in [-0.2, -0.15) is 13.2 Å². The van der Waals surface area contributed by atoms with E-state index in [0.29, 0.717) is 36.4 Å². The Bertz CT molecular complexity index is 1310. The number of carbonyl (C=O) groups is 1. The largest absolute Gasteiger partial charge is 0.417 e. The molecule has 1 aromatic carbocycles. The molecule has 2 aromatic heterocycles. The third-order valence-corrected chi connectivity index (χ3v) is 9.74. The maximum absolute atomic E-state index is 13.2. The van der Waals surface area contributed by atoms with E-state index in [2.05, 4.69) is 10.3 Å². The highest BCUT2D eigenvalue weighted by molar-refractivity contribution is 7.92. The first-order chi connectivity index (χ1) is 16.4.